The summed E-state index contributed by atoms with van der Waals surface area (Å²) in [6.45, 7) is 0. The van der Waals surface area contributed by atoms with Crippen LogP contribution in [0.25, 0.3) is 0 Å². The number of nitrogens with two attached hydrogens (primary N) is 1. The van der Waals surface area contributed by atoms with Gasteiger partial charge in [0.15, 0.2) is 0 Å². The second-order valence-corrected chi connectivity index (χ2v) is 3.81. The van der Waals surface area contributed by atoms with Crippen LogP contribution in [-0.2, 0) is 0 Å². The van der Waals surface area contributed by atoms with Gasteiger partial charge in [0.05, 0.1) is 0 Å². The molecular formula is C12H11BrN2O. The molecule has 1 aromatic carbocycles. The van der Waals surface area contributed by atoms with Crippen molar-refractivity contribution < 1.29 is 4.79 Å². The van der Waals surface area contributed by atoms with E-state index in [1.165, 1.54) is 0 Å². The first kappa shape index (κ1) is 12.4. The van der Waals surface area contributed by atoms with E-state index in [2.05, 4.69) is 20.9 Å². The summed E-state index contributed by atoms with van der Waals surface area (Å²) in [6.07, 6.45) is 3.50. The van der Waals surface area contributed by atoms with Crippen molar-refractivity contribution in [2.45, 2.75) is 0 Å². The minimum absolute atomic E-state index is 0.396. The summed E-state index contributed by atoms with van der Waals surface area (Å²) in [6, 6.07) is 12.6. The largest absolute Gasteiger partial charge is 0.366 e. The van der Waals surface area contributed by atoms with Crippen molar-refractivity contribution in [1.29, 1.82) is 0 Å². The molecule has 1 heterocycles. The number of benzene rings is 1. The van der Waals surface area contributed by atoms with Crippen LogP contribution in [-0.4, -0.2) is 10.9 Å². The number of hydrogen-bond acceptors (Lipinski definition) is 2. The van der Waals surface area contributed by atoms with Crippen LogP contribution < -0.4 is 5.73 Å². The van der Waals surface area contributed by atoms with Gasteiger partial charge >= 0.3 is 0 Å². The van der Waals surface area contributed by atoms with Crippen molar-refractivity contribution in [2.24, 2.45) is 5.73 Å². The number of nitrogens with zero attached hydrogens (tertiary/aromatic N) is 1. The highest BCUT2D eigenvalue weighted by Gasteiger charge is 1.96. The van der Waals surface area contributed by atoms with Crippen LogP contribution in [0.15, 0.2) is 59.3 Å². The maximum Gasteiger partial charge on any atom is 0.248 e. The van der Waals surface area contributed by atoms with Crippen LogP contribution in [0.3, 0.4) is 0 Å². The molecule has 1 aromatic heterocycles. The zero-order chi connectivity index (χ0) is 11.8. The maximum atomic E-state index is 10.5. The second kappa shape index (κ2) is 6.74. The minimum atomic E-state index is -0.396. The second-order valence-electron chi connectivity index (χ2n) is 2.90. The predicted molar refractivity (Wildman–Crippen MR) is 66.9 cm³/mol. The van der Waals surface area contributed by atoms with Crippen LogP contribution in [0.1, 0.15) is 10.4 Å². The molecule has 0 spiro atoms. The van der Waals surface area contributed by atoms with Gasteiger partial charge in [-0.2, -0.15) is 0 Å². The van der Waals surface area contributed by atoms with E-state index < -0.39 is 5.91 Å². The Kier molecular flexibility index (Phi) is 5.22. The number of halogens is 1. The predicted octanol–water partition coefficient (Wildman–Crippen LogP) is 2.63. The van der Waals surface area contributed by atoms with Crippen molar-refractivity contribution >= 4 is 21.8 Å². The van der Waals surface area contributed by atoms with E-state index in [1.54, 1.807) is 36.7 Å². The lowest BCUT2D eigenvalue weighted by Gasteiger charge is -1.92. The normalized spacial score (nSPS) is 8.81. The molecule has 3 nitrogen and oxygen atoms in total. The molecule has 0 bridgehead atoms. The molecule has 0 unspecified atom stereocenters. The van der Waals surface area contributed by atoms with Crippen LogP contribution in [0.4, 0.5) is 0 Å². The molecule has 82 valence electrons. The quantitative estimate of drug-likeness (QED) is 0.872. The van der Waals surface area contributed by atoms with Crippen LogP contribution in [0, 0.1) is 0 Å². The summed E-state index contributed by atoms with van der Waals surface area (Å²) >= 11 is 3.24. The average molecular weight is 279 g/mol. The third-order valence-corrected chi connectivity index (χ3v) is 2.22. The van der Waals surface area contributed by atoms with Crippen molar-refractivity contribution in [2.75, 3.05) is 0 Å². The first-order valence-electron chi connectivity index (χ1n) is 4.60. The fourth-order valence-corrected chi connectivity index (χ4v) is 1.19. The zero-order valence-electron chi connectivity index (χ0n) is 8.51. The minimum Gasteiger partial charge on any atom is -0.366 e. The summed E-state index contributed by atoms with van der Waals surface area (Å²) in [5.41, 5.74) is 5.54. The Labute approximate surface area is 102 Å². The lowest BCUT2D eigenvalue weighted by molar-refractivity contribution is 0.100. The molecule has 0 aliphatic rings. The van der Waals surface area contributed by atoms with Crippen molar-refractivity contribution in [3.05, 3.63) is 64.9 Å². The third kappa shape index (κ3) is 4.70. The SMILES string of the molecule is NC(=O)c1ccc(Br)cc1.c1ccncc1. The van der Waals surface area contributed by atoms with E-state index >= 15 is 0 Å². The molecule has 0 aliphatic heterocycles. The van der Waals surface area contributed by atoms with Gasteiger partial charge in [0, 0.05) is 22.4 Å². The number of aromatic nitrogens is 1. The Morgan fingerprint density at radius 2 is 1.62 bits per heavy atom. The van der Waals surface area contributed by atoms with Crippen LogP contribution in [0.5, 0.6) is 0 Å². The van der Waals surface area contributed by atoms with Crippen LogP contribution >= 0.6 is 15.9 Å². The number of carbonyl (C=O) groups is 1. The molecule has 0 radical (unpaired) electrons. The lowest BCUT2D eigenvalue weighted by Crippen LogP contribution is -2.10. The molecule has 2 N–H and O–H groups in total. The maximum absolute atomic E-state index is 10.5. The molecule has 0 saturated heterocycles. The van der Waals surface area contributed by atoms with Gasteiger partial charge in [0.25, 0.3) is 0 Å². The van der Waals surface area contributed by atoms with Gasteiger partial charge in [-0.15, -0.1) is 0 Å². The molecule has 2 aromatic rings. The molecule has 0 saturated carbocycles. The summed E-state index contributed by atoms with van der Waals surface area (Å²) in [5, 5.41) is 0. The molecule has 2 rings (SSSR count). The molecule has 0 atom stereocenters. The summed E-state index contributed by atoms with van der Waals surface area (Å²) in [4.78, 5) is 14.3. The molecule has 16 heavy (non-hydrogen) atoms. The number of hydrogen-bond donors (Lipinski definition) is 1. The Morgan fingerprint density at radius 3 is 1.94 bits per heavy atom. The van der Waals surface area contributed by atoms with E-state index in [-0.39, 0.29) is 0 Å². The van der Waals surface area contributed by atoms with Crippen molar-refractivity contribution in [3.8, 4) is 0 Å². The zero-order valence-corrected chi connectivity index (χ0v) is 10.1. The number of amides is 1. The van der Waals surface area contributed by atoms with Crippen molar-refractivity contribution in [3.63, 3.8) is 0 Å². The van der Waals surface area contributed by atoms with Gasteiger partial charge in [0.2, 0.25) is 5.91 Å². The fraction of sp³-hybridized carbons (Fsp3) is 0. The highest BCUT2D eigenvalue weighted by atomic mass is 79.9. The number of rotatable bonds is 1. The Morgan fingerprint density at radius 1 is 1.06 bits per heavy atom. The highest BCUT2D eigenvalue weighted by Crippen LogP contribution is 2.09. The number of pyridine rings is 1. The average Bonchev–Trinajstić information content (AvgIpc) is 2.32. The van der Waals surface area contributed by atoms with Crippen LogP contribution in [0.2, 0.25) is 0 Å². The smallest absolute Gasteiger partial charge is 0.248 e. The molecular weight excluding hydrogens is 268 g/mol. The topological polar surface area (TPSA) is 56.0 Å². The summed E-state index contributed by atoms with van der Waals surface area (Å²) in [5.74, 6) is -0.396. The van der Waals surface area contributed by atoms with Gasteiger partial charge in [0.1, 0.15) is 0 Å². The lowest BCUT2D eigenvalue weighted by atomic mass is 10.2. The van der Waals surface area contributed by atoms with Gasteiger partial charge in [-0.05, 0) is 36.4 Å². The van der Waals surface area contributed by atoms with E-state index in [4.69, 9.17) is 5.73 Å². The highest BCUT2D eigenvalue weighted by molar-refractivity contribution is 9.10. The van der Waals surface area contributed by atoms with E-state index in [9.17, 15) is 4.79 Å². The molecule has 0 fully saturated rings. The van der Waals surface area contributed by atoms with Gasteiger partial charge in [-0.1, -0.05) is 22.0 Å². The first-order chi connectivity index (χ1) is 7.70. The molecule has 4 heteroatoms. The summed E-state index contributed by atoms with van der Waals surface area (Å²) < 4.78 is 0.942. The Hall–Kier alpha value is -1.68. The van der Waals surface area contributed by atoms with Gasteiger partial charge in [-0.3, -0.25) is 9.78 Å². The van der Waals surface area contributed by atoms with Gasteiger partial charge < -0.3 is 5.73 Å². The van der Waals surface area contributed by atoms with Gasteiger partial charge in [-0.25, -0.2) is 0 Å². The first-order valence-corrected chi connectivity index (χ1v) is 5.40. The Bertz CT molecular complexity index is 402. The number of primary amides is 1. The monoisotopic (exact) mass is 278 g/mol. The van der Waals surface area contributed by atoms with E-state index in [1.807, 2.05) is 18.2 Å². The van der Waals surface area contributed by atoms with E-state index in [0.717, 1.165) is 4.47 Å². The molecule has 0 aliphatic carbocycles. The standard InChI is InChI=1S/C7H6BrNO.C5H5N/c8-6-3-1-5(2-4-6)7(9)10;1-2-4-6-5-3-1/h1-4H,(H2,9,10);1-5H. The summed E-state index contributed by atoms with van der Waals surface area (Å²) in [7, 11) is 0. The Balaban J connectivity index is 0.000000181. The fourth-order valence-electron chi connectivity index (χ4n) is 0.927. The third-order valence-electron chi connectivity index (χ3n) is 1.70. The number of carbonyl (C=O) groups excluding carboxylic acids is 1. The van der Waals surface area contributed by atoms with E-state index in [0.29, 0.717) is 5.56 Å². The molecule has 1 amide bonds. The van der Waals surface area contributed by atoms with Crippen molar-refractivity contribution in [1.82, 2.24) is 4.98 Å².